The molecule has 6 rings (SSSR count). The van der Waals surface area contributed by atoms with Gasteiger partial charge in [0.15, 0.2) is 0 Å². The number of sulfone groups is 2. The van der Waals surface area contributed by atoms with Gasteiger partial charge in [-0.15, -0.1) is 0 Å². The van der Waals surface area contributed by atoms with Crippen molar-refractivity contribution in [3.63, 3.8) is 0 Å². The number of nitrogens with one attached hydrogen (secondary N) is 1. The predicted octanol–water partition coefficient (Wildman–Crippen LogP) is 4.36. The van der Waals surface area contributed by atoms with Crippen LogP contribution in [-0.4, -0.2) is 99.4 Å². The first-order valence-electron chi connectivity index (χ1n) is 17.4. The fourth-order valence-corrected chi connectivity index (χ4v) is 9.57. The van der Waals surface area contributed by atoms with E-state index < -0.39 is 19.7 Å². The van der Waals surface area contributed by atoms with Crippen molar-refractivity contribution in [3.8, 4) is 0 Å². The molecule has 0 saturated carbocycles. The molecule has 2 aliphatic heterocycles. The largest absolute Gasteiger partial charge is 0.392 e. The third-order valence-electron chi connectivity index (χ3n) is 10.3. The van der Waals surface area contributed by atoms with Gasteiger partial charge in [0.1, 0.15) is 6.29 Å². The Balaban J connectivity index is 0.000000201. The Morgan fingerprint density at radius 1 is 0.769 bits per heavy atom. The van der Waals surface area contributed by atoms with E-state index in [0.29, 0.717) is 32.9 Å². The number of anilines is 1. The summed E-state index contributed by atoms with van der Waals surface area (Å²) in [5.41, 5.74) is 6.22. The summed E-state index contributed by atoms with van der Waals surface area (Å²) in [5.74, 6) is 0. The summed E-state index contributed by atoms with van der Waals surface area (Å²) in [6, 6.07) is 21.8. The number of carbonyl (C=O) groups is 1. The number of likely N-dealkylation sites (N-methyl/N-ethyl adjacent to an activating group) is 2. The van der Waals surface area contributed by atoms with Crippen molar-refractivity contribution in [2.45, 2.75) is 57.9 Å². The van der Waals surface area contributed by atoms with E-state index in [2.05, 4.69) is 29.1 Å². The van der Waals surface area contributed by atoms with Crippen molar-refractivity contribution >= 4 is 31.6 Å². The number of hydrogen-bond acceptors (Lipinski definition) is 10. The van der Waals surface area contributed by atoms with Crippen molar-refractivity contribution in [1.29, 1.82) is 0 Å². The molecule has 1 unspecified atom stereocenters. The molecular formula is C40H50N4O6S2. The number of aliphatic hydroxyl groups is 1. The van der Waals surface area contributed by atoms with Crippen LogP contribution >= 0.6 is 0 Å². The molecule has 12 heteroatoms. The monoisotopic (exact) mass is 746 g/mol. The van der Waals surface area contributed by atoms with Gasteiger partial charge in [-0.2, -0.15) is 0 Å². The molecular weight excluding hydrogens is 697 g/mol. The number of benzene rings is 4. The van der Waals surface area contributed by atoms with Gasteiger partial charge in [0.2, 0.25) is 19.7 Å². The van der Waals surface area contributed by atoms with Crippen LogP contribution < -0.4 is 10.2 Å². The highest BCUT2D eigenvalue weighted by Crippen LogP contribution is 2.35. The lowest BCUT2D eigenvalue weighted by atomic mass is 9.87. The number of nitrogens with zero attached hydrogens (tertiary/aromatic N) is 3. The fraction of sp³-hybridized carbons (Fsp3) is 0.375. The molecule has 2 heterocycles. The van der Waals surface area contributed by atoms with Gasteiger partial charge in [-0.1, -0.05) is 30.3 Å². The van der Waals surface area contributed by atoms with Gasteiger partial charge >= 0.3 is 0 Å². The van der Waals surface area contributed by atoms with Gasteiger partial charge in [-0.05, 0) is 130 Å². The number of carbonyl (C=O) groups excluding carboxylic acids is 1. The van der Waals surface area contributed by atoms with Gasteiger partial charge in [0, 0.05) is 39.3 Å². The number of aliphatic hydroxyl groups excluding tert-OH is 1. The first kappa shape index (κ1) is 39.3. The number of rotatable bonds is 8. The summed E-state index contributed by atoms with van der Waals surface area (Å²) in [6.07, 6.45) is 3.26. The fourth-order valence-electron chi connectivity index (χ4n) is 6.70. The van der Waals surface area contributed by atoms with Crippen LogP contribution in [-0.2, 0) is 51.1 Å². The van der Waals surface area contributed by atoms with E-state index in [1.54, 1.807) is 30.3 Å². The van der Waals surface area contributed by atoms with Crippen LogP contribution in [0.1, 0.15) is 45.1 Å². The molecule has 1 atom stereocenters. The van der Waals surface area contributed by atoms with Gasteiger partial charge in [0.25, 0.3) is 0 Å². The summed E-state index contributed by atoms with van der Waals surface area (Å²) in [7, 11) is 2.65. The molecule has 0 aliphatic carbocycles. The van der Waals surface area contributed by atoms with Crippen LogP contribution in [0.25, 0.3) is 0 Å². The van der Waals surface area contributed by atoms with Gasteiger partial charge in [-0.3, -0.25) is 9.69 Å². The molecule has 2 aliphatic rings. The minimum absolute atomic E-state index is 0.102. The highest BCUT2D eigenvalue weighted by molar-refractivity contribution is 7.92. The zero-order chi connectivity index (χ0) is 37.8. The predicted molar refractivity (Wildman–Crippen MR) is 205 cm³/mol. The van der Waals surface area contributed by atoms with Crippen LogP contribution in [0.4, 0.5) is 5.69 Å². The Morgan fingerprint density at radius 3 is 1.92 bits per heavy atom. The molecule has 2 N–H and O–H groups in total. The zero-order valence-electron chi connectivity index (χ0n) is 30.9. The molecule has 4 aromatic carbocycles. The Kier molecular flexibility index (Phi) is 12.1. The topological polar surface area (TPSA) is 127 Å². The van der Waals surface area contributed by atoms with E-state index >= 15 is 0 Å². The second kappa shape index (κ2) is 16.0. The quantitative estimate of drug-likeness (QED) is 0.251. The number of fused-ring (bicyclic) bond motifs is 2. The lowest BCUT2D eigenvalue weighted by molar-refractivity contribution is 0.112. The summed E-state index contributed by atoms with van der Waals surface area (Å²) in [4.78, 5) is 18.2. The molecule has 4 aromatic rings. The molecule has 0 amide bonds. The van der Waals surface area contributed by atoms with E-state index in [4.69, 9.17) is 5.11 Å². The highest BCUT2D eigenvalue weighted by atomic mass is 32.2. The maximum atomic E-state index is 13.3. The lowest BCUT2D eigenvalue weighted by Gasteiger charge is -2.37. The van der Waals surface area contributed by atoms with Gasteiger partial charge < -0.3 is 20.2 Å². The molecule has 278 valence electrons. The third kappa shape index (κ3) is 8.17. The Bertz CT molecular complexity index is 2120. The molecule has 0 radical (unpaired) electrons. The standard InChI is InChI=1S/C20H24N2O3S.C20H26N2O3S/c1-21(2)19-12-16-8-10-22(3)11-9-17(16)13-20(19)26(24,25)18-6-4-15(14-23)5-7-18;1-20(22(2)3)14-21-11-10-16-12-18(8-9-19(16)20)26(24,25)17-6-4-15(13-23)5-7-17/h4-7,12-14H,8-11H2,1-3H3;4-9,12,21,23H,10-11,13-14H2,1-3H3. The smallest absolute Gasteiger partial charge is 0.208 e. The van der Waals surface area contributed by atoms with E-state index in [-0.39, 0.29) is 21.9 Å². The van der Waals surface area contributed by atoms with Crippen molar-refractivity contribution in [3.05, 3.63) is 112 Å². The van der Waals surface area contributed by atoms with E-state index in [9.17, 15) is 21.6 Å². The first-order valence-corrected chi connectivity index (χ1v) is 20.4. The molecule has 10 nitrogen and oxygen atoms in total. The second-order valence-electron chi connectivity index (χ2n) is 14.2. The maximum absolute atomic E-state index is 13.3. The van der Waals surface area contributed by atoms with Gasteiger partial charge in [0.05, 0.1) is 37.4 Å². The second-order valence-corrected chi connectivity index (χ2v) is 18.1. The average Bonchev–Trinajstić information content (AvgIpc) is 3.44. The van der Waals surface area contributed by atoms with Crippen molar-refractivity contribution in [1.82, 2.24) is 15.1 Å². The molecule has 0 saturated heterocycles. The zero-order valence-corrected chi connectivity index (χ0v) is 32.5. The van der Waals surface area contributed by atoms with E-state index in [1.165, 1.54) is 35.4 Å². The summed E-state index contributed by atoms with van der Waals surface area (Å²) in [5, 5.41) is 12.6. The van der Waals surface area contributed by atoms with Crippen LogP contribution in [0.3, 0.4) is 0 Å². The van der Waals surface area contributed by atoms with Crippen LogP contribution in [0.5, 0.6) is 0 Å². The Morgan fingerprint density at radius 2 is 1.35 bits per heavy atom. The summed E-state index contributed by atoms with van der Waals surface area (Å²) < 4.78 is 52.6. The van der Waals surface area contributed by atoms with Crippen molar-refractivity contribution < 1.29 is 26.7 Å². The van der Waals surface area contributed by atoms with E-state index in [1.807, 2.05) is 57.4 Å². The molecule has 0 fully saturated rings. The maximum Gasteiger partial charge on any atom is 0.208 e. The third-order valence-corrected chi connectivity index (χ3v) is 13.9. The minimum Gasteiger partial charge on any atom is -0.392 e. The lowest BCUT2D eigenvalue weighted by Crippen LogP contribution is -2.45. The summed E-state index contributed by atoms with van der Waals surface area (Å²) >= 11 is 0. The Labute approximate surface area is 308 Å². The van der Waals surface area contributed by atoms with Crippen LogP contribution in [0, 0.1) is 0 Å². The molecule has 52 heavy (non-hydrogen) atoms. The molecule has 0 spiro atoms. The number of aldehydes is 1. The van der Waals surface area contributed by atoms with Crippen molar-refractivity contribution in [2.75, 3.05) is 66.3 Å². The first-order chi connectivity index (χ1) is 24.6. The highest BCUT2D eigenvalue weighted by Gasteiger charge is 2.34. The minimum atomic E-state index is -3.67. The molecule has 0 aromatic heterocycles. The SMILES string of the molecule is CN(C)C1(C)CNCCc2cc(S(=O)(=O)c3ccc(CO)cc3)ccc21.CN1CCc2cc(N(C)C)c(S(=O)(=O)c3ccc(C=O)cc3)cc2CC1. The van der Waals surface area contributed by atoms with Crippen molar-refractivity contribution in [2.24, 2.45) is 0 Å². The van der Waals surface area contributed by atoms with Crippen LogP contribution in [0.2, 0.25) is 0 Å². The van der Waals surface area contributed by atoms with Gasteiger partial charge in [-0.25, -0.2) is 16.8 Å². The van der Waals surface area contributed by atoms with E-state index in [0.717, 1.165) is 56.6 Å². The Hall–Kier alpha value is -3.91. The average molecular weight is 747 g/mol. The van der Waals surface area contributed by atoms with Crippen LogP contribution in [0.15, 0.2) is 98.4 Å². The normalized spacial score (nSPS) is 17.9. The molecule has 0 bridgehead atoms. The summed E-state index contributed by atoms with van der Waals surface area (Å²) in [6.45, 7) is 5.61. The number of hydrogen-bond donors (Lipinski definition) is 2.